The minimum absolute atomic E-state index is 0.786. The van der Waals surface area contributed by atoms with Gasteiger partial charge in [0.05, 0.1) is 11.6 Å². The smallest absolute Gasteiger partial charge is 0.0995 e. The number of nitrogens with zero attached hydrogens (tertiary/aromatic N) is 1. The van der Waals surface area contributed by atoms with Crippen LogP contribution in [-0.4, -0.2) is 0 Å². The van der Waals surface area contributed by atoms with Gasteiger partial charge in [0.25, 0.3) is 0 Å². The Balaban J connectivity index is 2.89. The highest BCUT2D eigenvalue weighted by molar-refractivity contribution is 9.08. The van der Waals surface area contributed by atoms with E-state index in [0.717, 1.165) is 16.5 Å². The Bertz CT molecular complexity index is 522. The Hall–Kier alpha value is -0.850. The first-order valence-electron chi connectivity index (χ1n) is 4.23. The van der Waals surface area contributed by atoms with Gasteiger partial charge in [0.1, 0.15) is 0 Å². The normalized spacial score (nSPS) is 10.4. The van der Waals surface area contributed by atoms with E-state index in [9.17, 15) is 0 Å². The van der Waals surface area contributed by atoms with Crippen molar-refractivity contribution in [2.75, 3.05) is 0 Å². The molecule has 3 heteroatoms. The van der Waals surface area contributed by atoms with E-state index in [1.54, 1.807) is 11.3 Å². The standard InChI is InChI=1S/C11H8BrNS/c1-7-8(6-13)4-11-9(2-3-14-11)10(7)5-12/h2-4H,5H2,1H3. The van der Waals surface area contributed by atoms with Crippen molar-refractivity contribution in [2.45, 2.75) is 12.3 Å². The molecule has 1 aromatic carbocycles. The van der Waals surface area contributed by atoms with E-state index in [2.05, 4.69) is 33.4 Å². The van der Waals surface area contributed by atoms with Crippen LogP contribution in [0.5, 0.6) is 0 Å². The van der Waals surface area contributed by atoms with Crippen LogP contribution in [0.15, 0.2) is 17.5 Å². The maximum atomic E-state index is 8.97. The number of thiophene rings is 1. The number of benzene rings is 1. The van der Waals surface area contributed by atoms with Crippen LogP contribution in [0, 0.1) is 18.3 Å². The summed E-state index contributed by atoms with van der Waals surface area (Å²) in [5, 5.41) is 13.1. The molecule has 2 aromatic rings. The average molecular weight is 266 g/mol. The molecule has 0 aliphatic rings. The summed E-state index contributed by atoms with van der Waals surface area (Å²) in [7, 11) is 0. The number of alkyl halides is 1. The highest BCUT2D eigenvalue weighted by Crippen LogP contribution is 2.30. The summed E-state index contributed by atoms with van der Waals surface area (Å²) in [6, 6.07) is 6.33. The molecule has 0 bridgehead atoms. The van der Waals surface area contributed by atoms with Crippen LogP contribution in [0.1, 0.15) is 16.7 Å². The lowest BCUT2D eigenvalue weighted by atomic mass is 10.0. The zero-order valence-corrected chi connectivity index (χ0v) is 10.1. The van der Waals surface area contributed by atoms with Crippen molar-refractivity contribution in [3.8, 4) is 6.07 Å². The molecule has 14 heavy (non-hydrogen) atoms. The summed E-state index contributed by atoms with van der Waals surface area (Å²) in [5.41, 5.74) is 3.12. The molecule has 0 radical (unpaired) electrons. The second-order valence-corrected chi connectivity index (χ2v) is 4.61. The van der Waals surface area contributed by atoms with Gasteiger partial charge in [-0.2, -0.15) is 5.26 Å². The third-order valence-corrected chi connectivity index (χ3v) is 3.83. The predicted octanol–water partition coefficient (Wildman–Crippen LogP) is 3.98. The molecule has 0 aliphatic carbocycles. The van der Waals surface area contributed by atoms with Crippen molar-refractivity contribution in [3.05, 3.63) is 34.2 Å². The van der Waals surface area contributed by atoms with E-state index in [4.69, 9.17) is 5.26 Å². The zero-order valence-electron chi connectivity index (χ0n) is 7.67. The first-order valence-corrected chi connectivity index (χ1v) is 6.23. The fourth-order valence-corrected chi connectivity index (χ4v) is 3.15. The van der Waals surface area contributed by atoms with Gasteiger partial charge in [-0.1, -0.05) is 15.9 Å². The highest BCUT2D eigenvalue weighted by atomic mass is 79.9. The third-order valence-electron chi connectivity index (χ3n) is 2.41. The van der Waals surface area contributed by atoms with Gasteiger partial charge < -0.3 is 0 Å². The molecule has 0 N–H and O–H groups in total. The zero-order chi connectivity index (χ0) is 10.1. The van der Waals surface area contributed by atoms with E-state index >= 15 is 0 Å². The molecule has 0 unspecified atom stereocenters. The highest BCUT2D eigenvalue weighted by Gasteiger charge is 2.09. The monoisotopic (exact) mass is 265 g/mol. The Morgan fingerprint density at radius 2 is 2.36 bits per heavy atom. The second kappa shape index (κ2) is 3.72. The third kappa shape index (κ3) is 1.35. The molecular weight excluding hydrogens is 258 g/mol. The van der Waals surface area contributed by atoms with Crippen LogP contribution in [0.3, 0.4) is 0 Å². The number of hydrogen-bond acceptors (Lipinski definition) is 2. The summed E-state index contributed by atoms with van der Waals surface area (Å²) >= 11 is 5.16. The van der Waals surface area contributed by atoms with Crippen LogP contribution in [0.25, 0.3) is 10.1 Å². The van der Waals surface area contributed by atoms with Crippen molar-refractivity contribution in [1.82, 2.24) is 0 Å². The van der Waals surface area contributed by atoms with Crippen LogP contribution in [0.2, 0.25) is 0 Å². The van der Waals surface area contributed by atoms with Gasteiger partial charge in [-0.05, 0) is 40.9 Å². The molecule has 1 nitrogen and oxygen atoms in total. The van der Waals surface area contributed by atoms with Crippen molar-refractivity contribution in [2.24, 2.45) is 0 Å². The lowest BCUT2D eigenvalue weighted by molar-refractivity contribution is 1.33. The number of nitriles is 1. The molecule has 0 saturated carbocycles. The minimum Gasteiger partial charge on any atom is -0.192 e. The van der Waals surface area contributed by atoms with E-state index in [0.29, 0.717) is 0 Å². The van der Waals surface area contributed by atoms with E-state index < -0.39 is 0 Å². The van der Waals surface area contributed by atoms with Crippen LogP contribution >= 0.6 is 27.3 Å². The van der Waals surface area contributed by atoms with Crippen molar-refractivity contribution < 1.29 is 0 Å². The summed E-state index contributed by atoms with van der Waals surface area (Å²) in [5.74, 6) is 0. The van der Waals surface area contributed by atoms with Gasteiger partial charge in [-0.25, -0.2) is 0 Å². The number of fused-ring (bicyclic) bond motifs is 1. The molecule has 1 heterocycles. The van der Waals surface area contributed by atoms with E-state index in [-0.39, 0.29) is 0 Å². The first-order chi connectivity index (χ1) is 6.77. The molecule has 2 rings (SSSR count). The Morgan fingerprint density at radius 3 is 3.00 bits per heavy atom. The molecule has 0 aliphatic heterocycles. The maximum Gasteiger partial charge on any atom is 0.0995 e. The van der Waals surface area contributed by atoms with Gasteiger partial charge in [0.15, 0.2) is 0 Å². The molecule has 0 amide bonds. The Morgan fingerprint density at radius 1 is 1.57 bits per heavy atom. The molecule has 0 spiro atoms. The van der Waals surface area contributed by atoms with Gasteiger partial charge in [-0.3, -0.25) is 0 Å². The summed E-state index contributed by atoms with van der Waals surface area (Å²) in [6.45, 7) is 2.01. The second-order valence-electron chi connectivity index (χ2n) is 3.11. The molecule has 0 saturated heterocycles. The molecule has 0 fully saturated rings. The minimum atomic E-state index is 0.786. The largest absolute Gasteiger partial charge is 0.192 e. The first kappa shape index (κ1) is 9.70. The van der Waals surface area contributed by atoms with Crippen LogP contribution < -0.4 is 0 Å². The topological polar surface area (TPSA) is 23.8 Å². The molecule has 70 valence electrons. The van der Waals surface area contributed by atoms with Crippen molar-refractivity contribution >= 4 is 37.4 Å². The van der Waals surface area contributed by atoms with Crippen molar-refractivity contribution in [1.29, 1.82) is 5.26 Å². The molecule has 0 atom stereocenters. The lowest BCUT2D eigenvalue weighted by Crippen LogP contribution is -1.90. The summed E-state index contributed by atoms with van der Waals surface area (Å²) < 4.78 is 1.20. The lowest BCUT2D eigenvalue weighted by Gasteiger charge is -2.05. The number of halogens is 1. The number of rotatable bonds is 1. The maximum absolute atomic E-state index is 8.97. The average Bonchev–Trinajstić information content (AvgIpc) is 2.64. The van der Waals surface area contributed by atoms with Gasteiger partial charge in [0, 0.05) is 10.0 Å². The van der Waals surface area contributed by atoms with Gasteiger partial charge in [0.2, 0.25) is 0 Å². The number of hydrogen-bond donors (Lipinski definition) is 0. The quantitative estimate of drug-likeness (QED) is 0.716. The molecule has 1 aromatic heterocycles. The van der Waals surface area contributed by atoms with Gasteiger partial charge >= 0.3 is 0 Å². The Labute approximate surface area is 95.1 Å². The SMILES string of the molecule is Cc1c(C#N)cc2sccc2c1CBr. The fourth-order valence-electron chi connectivity index (χ4n) is 1.57. The summed E-state index contributed by atoms with van der Waals surface area (Å²) in [4.78, 5) is 0. The molecular formula is C11H8BrNS. The van der Waals surface area contributed by atoms with Crippen molar-refractivity contribution in [3.63, 3.8) is 0 Å². The summed E-state index contributed by atoms with van der Waals surface area (Å²) in [6.07, 6.45) is 0. The van der Waals surface area contributed by atoms with Crippen LogP contribution in [-0.2, 0) is 5.33 Å². The van der Waals surface area contributed by atoms with Gasteiger partial charge in [-0.15, -0.1) is 11.3 Å². The van der Waals surface area contributed by atoms with Crippen LogP contribution in [0.4, 0.5) is 0 Å². The fraction of sp³-hybridized carbons (Fsp3) is 0.182. The van der Waals surface area contributed by atoms with E-state index in [1.807, 2.05) is 13.0 Å². The predicted molar refractivity (Wildman–Crippen MR) is 63.9 cm³/mol. The van der Waals surface area contributed by atoms with E-state index in [1.165, 1.54) is 15.6 Å². The Kier molecular flexibility index (Phi) is 2.58.